The molecule has 0 fully saturated rings. The molecule has 0 spiro atoms. The van der Waals surface area contributed by atoms with Crippen LogP contribution in [0.1, 0.15) is 12.0 Å². The zero-order chi connectivity index (χ0) is 12.4. The number of para-hydroxylation sites is 1. The monoisotopic (exact) mass is 235 g/mol. The zero-order valence-electron chi connectivity index (χ0n) is 9.17. The summed E-state index contributed by atoms with van der Waals surface area (Å²) in [6, 6.07) is 7.05. The highest BCUT2D eigenvalue weighted by atomic mass is 16.4. The molecule has 2 rings (SSSR count). The highest BCUT2D eigenvalue weighted by molar-refractivity contribution is 5.88. The molecule has 1 aliphatic heterocycles. The standard InChI is InChI=1S/C12H13NO4/c14-11(15)9-5-6-13(12(16)17)10-4-2-1-3-8(10)7-9/h1-4,9H,5-7H2,(H,14,15)(H,16,17). The van der Waals surface area contributed by atoms with E-state index in [4.69, 9.17) is 10.2 Å². The number of carboxylic acid groups (broad SMARTS) is 2. The third-order valence-corrected chi connectivity index (χ3v) is 3.03. The van der Waals surface area contributed by atoms with Gasteiger partial charge in [0.05, 0.1) is 11.6 Å². The molecule has 2 N–H and O–H groups in total. The molecule has 0 aromatic heterocycles. The minimum atomic E-state index is -1.04. The first-order valence-corrected chi connectivity index (χ1v) is 5.40. The van der Waals surface area contributed by atoms with Crippen molar-refractivity contribution in [3.8, 4) is 0 Å². The van der Waals surface area contributed by atoms with Gasteiger partial charge >= 0.3 is 12.1 Å². The van der Waals surface area contributed by atoms with Gasteiger partial charge in [-0.2, -0.15) is 0 Å². The summed E-state index contributed by atoms with van der Waals surface area (Å²) in [5, 5.41) is 18.2. The lowest BCUT2D eigenvalue weighted by atomic mass is 9.97. The van der Waals surface area contributed by atoms with Gasteiger partial charge in [-0.1, -0.05) is 18.2 Å². The molecule has 90 valence electrons. The number of fused-ring (bicyclic) bond motifs is 1. The maximum Gasteiger partial charge on any atom is 0.411 e. The second-order valence-corrected chi connectivity index (χ2v) is 4.09. The first-order chi connectivity index (χ1) is 8.09. The summed E-state index contributed by atoms with van der Waals surface area (Å²) in [5.74, 6) is -1.38. The van der Waals surface area contributed by atoms with Crippen molar-refractivity contribution in [3.05, 3.63) is 29.8 Å². The van der Waals surface area contributed by atoms with Crippen molar-refractivity contribution in [2.24, 2.45) is 5.92 Å². The van der Waals surface area contributed by atoms with Gasteiger partial charge in [-0.05, 0) is 24.5 Å². The van der Waals surface area contributed by atoms with Crippen molar-refractivity contribution in [2.75, 3.05) is 11.4 Å². The van der Waals surface area contributed by atoms with Gasteiger partial charge in [-0.15, -0.1) is 0 Å². The fourth-order valence-corrected chi connectivity index (χ4v) is 2.13. The van der Waals surface area contributed by atoms with E-state index in [2.05, 4.69) is 0 Å². The van der Waals surface area contributed by atoms with Crippen LogP contribution in [0.3, 0.4) is 0 Å². The lowest BCUT2D eigenvalue weighted by molar-refractivity contribution is -0.141. The minimum absolute atomic E-state index is 0.226. The predicted octanol–water partition coefficient (Wildman–Crippen LogP) is 1.82. The number of benzene rings is 1. The van der Waals surface area contributed by atoms with E-state index in [1.54, 1.807) is 24.3 Å². The quantitative estimate of drug-likeness (QED) is 0.778. The van der Waals surface area contributed by atoms with Crippen LogP contribution in [0.15, 0.2) is 24.3 Å². The molecule has 0 bridgehead atoms. The normalized spacial score (nSPS) is 19.3. The number of carboxylic acids is 1. The van der Waals surface area contributed by atoms with Gasteiger partial charge in [0, 0.05) is 6.54 Å². The average Bonchev–Trinajstić information content (AvgIpc) is 2.47. The van der Waals surface area contributed by atoms with E-state index in [0.717, 1.165) is 5.56 Å². The summed E-state index contributed by atoms with van der Waals surface area (Å²) in [7, 11) is 0. The average molecular weight is 235 g/mol. The number of hydrogen-bond acceptors (Lipinski definition) is 2. The fraction of sp³-hybridized carbons (Fsp3) is 0.333. The van der Waals surface area contributed by atoms with Crippen LogP contribution in [-0.2, 0) is 11.2 Å². The molecule has 0 saturated heterocycles. The molecule has 5 heteroatoms. The van der Waals surface area contributed by atoms with Gasteiger partial charge in [0.2, 0.25) is 0 Å². The van der Waals surface area contributed by atoms with E-state index in [1.165, 1.54) is 4.90 Å². The van der Waals surface area contributed by atoms with E-state index in [0.29, 0.717) is 18.5 Å². The van der Waals surface area contributed by atoms with Gasteiger partial charge in [0.15, 0.2) is 0 Å². The Morgan fingerprint density at radius 2 is 1.94 bits per heavy atom. The molecular formula is C12H13NO4. The number of nitrogens with zero attached hydrogens (tertiary/aromatic N) is 1. The van der Waals surface area contributed by atoms with Gasteiger partial charge in [-0.25, -0.2) is 4.79 Å². The maximum absolute atomic E-state index is 11.1. The molecule has 1 atom stereocenters. The molecular weight excluding hydrogens is 222 g/mol. The van der Waals surface area contributed by atoms with Crippen LogP contribution in [0.5, 0.6) is 0 Å². The van der Waals surface area contributed by atoms with Crippen molar-refractivity contribution in [3.63, 3.8) is 0 Å². The third kappa shape index (κ3) is 2.22. The van der Waals surface area contributed by atoms with Crippen LogP contribution in [0, 0.1) is 5.92 Å². The Kier molecular flexibility index (Phi) is 2.99. The molecule has 1 heterocycles. The maximum atomic E-state index is 11.1. The molecule has 1 amide bonds. The van der Waals surface area contributed by atoms with E-state index >= 15 is 0 Å². The van der Waals surface area contributed by atoms with Gasteiger partial charge in [0.1, 0.15) is 0 Å². The Hall–Kier alpha value is -2.04. The second kappa shape index (κ2) is 4.45. The predicted molar refractivity (Wildman–Crippen MR) is 61.3 cm³/mol. The molecule has 1 aliphatic rings. The molecule has 1 aromatic rings. The van der Waals surface area contributed by atoms with Gasteiger partial charge in [0.25, 0.3) is 0 Å². The first-order valence-electron chi connectivity index (χ1n) is 5.40. The second-order valence-electron chi connectivity index (χ2n) is 4.09. The number of anilines is 1. The summed E-state index contributed by atoms with van der Waals surface area (Å²) in [6.45, 7) is 0.226. The van der Waals surface area contributed by atoms with E-state index in [9.17, 15) is 9.59 Å². The lowest BCUT2D eigenvalue weighted by Crippen LogP contribution is -2.30. The highest BCUT2D eigenvalue weighted by Crippen LogP contribution is 2.28. The Balaban J connectivity index is 2.40. The Morgan fingerprint density at radius 3 is 2.59 bits per heavy atom. The van der Waals surface area contributed by atoms with E-state index in [-0.39, 0.29) is 6.54 Å². The minimum Gasteiger partial charge on any atom is -0.481 e. The van der Waals surface area contributed by atoms with Crippen LogP contribution in [0.2, 0.25) is 0 Å². The highest BCUT2D eigenvalue weighted by Gasteiger charge is 2.28. The lowest BCUT2D eigenvalue weighted by Gasteiger charge is -2.18. The Morgan fingerprint density at radius 1 is 1.24 bits per heavy atom. The molecule has 17 heavy (non-hydrogen) atoms. The van der Waals surface area contributed by atoms with Crippen LogP contribution in [0.4, 0.5) is 10.5 Å². The van der Waals surface area contributed by atoms with Crippen LogP contribution >= 0.6 is 0 Å². The Bertz CT molecular complexity index is 458. The molecule has 5 nitrogen and oxygen atoms in total. The number of aliphatic carboxylic acids is 1. The topological polar surface area (TPSA) is 77.8 Å². The van der Waals surface area contributed by atoms with Crippen molar-refractivity contribution in [1.82, 2.24) is 0 Å². The number of rotatable bonds is 1. The van der Waals surface area contributed by atoms with Crippen LogP contribution < -0.4 is 4.90 Å². The van der Waals surface area contributed by atoms with Crippen LogP contribution in [-0.4, -0.2) is 28.8 Å². The fourth-order valence-electron chi connectivity index (χ4n) is 2.13. The number of carbonyl (C=O) groups is 2. The van der Waals surface area contributed by atoms with Crippen molar-refractivity contribution < 1.29 is 19.8 Å². The third-order valence-electron chi connectivity index (χ3n) is 3.03. The largest absolute Gasteiger partial charge is 0.481 e. The molecule has 0 saturated carbocycles. The smallest absolute Gasteiger partial charge is 0.411 e. The molecule has 0 aliphatic carbocycles. The Labute approximate surface area is 98.3 Å². The van der Waals surface area contributed by atoms with Gasteiger partial charge in [-0.3, -0.25) is 9.69 Å². The van der Waals surface area contributed by atoms with E-state index in [1.807, 2.05) is 0 Å². The molecule has 1 unspecified atom stereocenters. The zero-order valence-corrected chi connectivity index (χ0v) is 9.17. The summed E-state index contributed by atoms with van der Waals surface area (Å²) >= 11 is 0. The first kappa shape index (κ1) is 11.4. The summed E-state index contributed by atoms with van der Waals surface area (Å²) in [4.78, 5) is 23.4. The number of hydrogen-bond donors (Lipinski definition) is 2. The number of amides is 1. The molecule has 0 radical (unpaired) electrons. The molecule has 1 aromatic carbocycles. The summed E-state index contributed by atoms with van der Waals surface area (Å²) < 4.78 is 0. The van der Waals surface area contributed by atoms with Crippen molar-refractivity contribution in [2.45, 2.75) is 12.8 Å². The van der Waals surface area contributed by atoms with Crippen LogP contribution in [0.25, 0.3) is 0 Å². The van der Waals surface area contributed by atoms with Gasteiger partial charge < -0.3 is 10.2 Å². The summed E-state index contributed by atoms with van der Waals surface area (Å²) in [6.07, 6.45) is -0.311. The SMILES string of the molecule is O=C(O)C1CCN(C(=O)O)c2ccccc2C1. The van der Waals surface area contributed by atoms with Crippen molar-refractivity contribution >= 4 is 17.7 Å². The van der Waals surface area contributed by atoms with Crippen molar-refractivity contribution in [1.29, 1.82) is 0 Å². The summed E-state index contributed by atoms with van der Waals surface area (Å²) in [5.41, 5.74) is 1.38. The van der Waals surface area contributed by atoms with E-state index < -0.39 is 18.0 Å².